The molecule has 0 fully saturated rings. The predicted octanol–water partition coefficient (Wildman–Crippen LogP) is 0.874. The minimum absolute atomic E-state index is 0.00471. The molecule has 0 bridgehead atoms. The van der Waals surface area contributed by atoms with E-state index in [1.807, 2.05) is 19.0 Å². The molecular weight excluding hydrogens is 220 g/mol. The first-order valence-electron chi connectivity index (χ1n) is 5.41. The van der Waals surface area contributed by atoms with E-state index in [0.29, 0.717) is 17.7 Å². The van der Waals surface area contributed by atoms with Gasteiger partial charge in [0.1, 0.15) is 0 Å². The number of carbonyl (C=O) groups excluding carboxylic acids is 1. The van der Waals surface area contributed by atoms with E-state index in [2.05, 4.69) is 0 Å². The average Bonchev–Trinajstić information content (AvgIpc) is 2.28. The van der Waals surface area contributed by atoms with Gasteiger partial charge in [0.2, 0.25) is 0 Å². The van der Waals surface area contributed by atoms with Crippen molar-refractivity contribution in [1.82, 2.24) is 0 Å². The van der Waals surface area contributed by atoms with Gasteiger partial charge in [0.15, 0.2) is 0 Å². The van der Waals surface area contributed by atoms with Crippen LogP contribution in [0.5, 0.6) is 0 Å². The molecule has 0 aliphatic heterocycles. The zero-order valence-electron chi connectivity index (χ0n) is 10.1. The smallest absolute Gasteiger partial charge is 0.340 e. The third-order valence-corrected chi connectivity index (χ3v) is 2.26. The highest BCUT2D eigenvalue weighted by molar-refractivity contribution is 5.96. The third-order valence-electron chi connectivity index (χ3n) is 2.26. The summed E-state index contributed by atoms with van der Waals surface area (Å²) >= 11 is 0. The Labute approximate surface area is 101 Å². The Hall–Kier alpha value is -1.75. The summed E-state index contributed by atoms with van der Waals surface area (Å²) in [6, 6.07) is 5.11. The van der Waals surface area contributed by atoms with Gasteiger partial charge in [-0.15, -0.1) is 0 Å². The number of nitrogen functional groups attached to an aromatic ring is 1. The van der Waals surface area contributed by atoms with Crippen molar-refractivity contribution >= 4 is 17.3 Å². The van der Waals surface area contributed by atoms with Crippen LogP contribution in [0.15, 0.2) is 18.2 Å². The second kappa shape index (κ2) is 6.10. The Morgan fingerprint density at radius 3 is 2.76 bits per heavy atom. The number of hydrogen-bond donors (Lipinski definition) is 2. The normalized spacial score (nSPS) is 10.1. The van der Waals surface area contributed by atoms with Crippen LogP contribution in [0.4, 0.5) is 11.4 Å². The van der Waals surface area contributed by atoms with Gasteiger partial charge in [-0.2, -0.15) is 0 Å². The monoisotopic (exact) mass is 238 g/mol. The van der Waals surface area contributed by atoms with Crippen LogP contribution < -0.4 is 10.6 Å². The molecule has 0 aromatic heterocycles. The van der Waals surface area contributed by atoms with Crippen LogP contribution in [0.25, 0.3) is 0 Å². The van der Waals surface area contributed by atoms with Gasteiger partial charge in [-0.25, -0.2) is 4.79 Å². The van der Waals surface area contributed by atoms with Crippen molar-refractivity contribution < 1.29 is 14.6 Å². The molecule has 0 atom stereocenters. The maximum Gasteiger partial charge on any atom is 0.340 e. The minimum Gasteiger partial charge on any atom is -0.462 e. The summed E-state index contributed by atoms with van der Waals surface area (Å²) in [5, 5.41) is 8.62. The molecule has 0 heterocycles. The fourth-order valence-electron chi connectivity index (χ4n) is 1.41. The molecule has 0 amide bonds. The molecule has 3 N–H and O–H groups in total. The molecule has 0 unspecified atom stereocenters. The van der Waals surface area contributed by atoms with E-state index < -0.39 is 5.97 Å². The van der Waals surface area contributed by atoms with E-state index in [1.165, 1.54) is 0 Å². The number of hydrogen-bond acceptors (Lipinski definition) is 5. The highest BCUT2D eigenvalue weighted by atomic mass is 16.5. The predicted molar refractivity (Wildman–Crippen MR) is 67.2 cm³/mol. The molecule has 0 aliphatic carbocycles. The Morgan fingerprint density at radius 2 is 2.18 bits per heavy atom. The number of benzene rings is 1. The standard InChI is InChI=1S/C12H18N2O3/c1-14(2)11-5-4-9(13)8-10(11)12(16)17-7-3-6-15/h4-5,8,15H,3,6-7,13H2,1-2H3. The lowest BCUT2D eigenvalue weighted by atomic mass is 10.1. The Morgan fingerprint density at radius 1 is 1.47 bits per heavy atom. The average molecular weight is 238 g/mol. The molecule has 0 saturated carbocycles. The van der Waals surface area contributed by atoms with Crippen LogP contribution in [0.3, 0.4) is 0 Å². The SMILES string of the molecule is CN(C)c1ccc(N)cc1C(=O)OCCCO. The van der Waals surface area contributed by atoms with Crippen molar-refractivity contribution in [2.75, 3.05) is 37.9 Å². The lowest BCUT2D eigenvalue weighted by Gasteiger charge is -2.17. The number of aliphatic hydroxyl groups excluding tert-OH is 1. The van der Waals surface area contributed by atoms with Crippen molar-refractivity contribution in [3.63, 3.8) is 0 Å². The Kier molecular flexibility index (Phi) is 4.78. The van der Waals surface area contributed by atoms with Crippen molar-refractivity contribution in [2.24, 2.45) is 0 Å². The van der Waals surface area contributed by atoms with Crippen molar-refractivity contribution in [2.45, 2.75) is 6.42 Å². The Bertz CT molecular complexity index is 391. The largest absolute Gasteiger partial charge is 0.462 e. The van der Waals surface area contributed by atoms with Crippen LogP contribution in [0.2, 0.25) is 0 Å². The van der Waals surface area contributed by atoms with Crippen LogP contribution in [-0.4, -0.2) is 38.4 Å². The van der Waals surface area contributed by atoms with E-state index in [-0.39, 0.29) is 13.2 Å². The van der Waals surface area contributed by atoms with Gasteiger partial charge < -0.3 is 20.5 Å². The first-order chi connectivity index (χ1) is 8.06. The zero-order valence-corrected chi connectivity index (χ0v) is 10.1. The van der Waals surface area contributed by atoms with Gasteiger partial charge in [-0.05, 0) is 18.2 Å². The van der Waals surface area contributed by atoms with Gasteiger partial charge >= 0.3 is 5.97 Å². The minimum atomic E-state index is -0.422. The molecule has 0 saturated heterocycles. The van der Waals surface area contributed by atoms with Crippen LogP contribution in [-0.2, 0) is 4.74 Å². The fraction of sp³-hybridized carbons (Fsp3) is 0.417. The summed E-state index contributed by atoms with van der Waals surface area (Å²) in [4.78, 5) is 13.6. The number of nitrogens with two attached hydrogens (primary N) is 1. The number of ether oxygens (including phenoxy) is 1. The highest BCUT2D eigenvalue weighted by Crippen LogP contribution is 2.22. The summed E-state index contributed by atoms with van der Waals surface area (Å²) in [7, 11) is 3.69. The quantitative estimate of drug-likeness (QED) is 0.452. The first kappa shape index (κ1) is 13.3. The van der Waals surface area contributed by atoms with E-state index in [9.17, 15) is 4.79 Å². The van der Waals surface area contributed by atoms with Gasteiger partial charge in [0.25, 0.3) is 0 Å². The topological polar surface area (TPSA) is 75.8 Å². The molecule has 5 heteroatoms. The molecule has 0 aliphatic rings. The molecule has 17 heavy (non-hydrogen) atoms. The van der Waals surface area contributed by atoms with Crippen LogP contribution in [0, 0.1) is 0 Å². The highest BCUT2D eigenvalue weighted by Gasteiger charge is 2.14. The van der Waals surface area contributed by atoms with E-state index >= 15 is 0 Å². The second-order valence-corrected chi connectivity index (χ2v) is 3.88. The molecule has 0 spiro atoms. The number of carbonyl (C=O) groups is 1. The maximum atomic E-state index is 11.8. The van der Waals surface area contributed by atoms with E-state index in [1.54, 1.807) is 18.2 Å². The molecule has 94 valence electrons. The maximum absolute atomic E-state index is 11.8. The van der Waals surface area contributed by atoms with Crippen LogP contribution >= 0.6 is 0 Å². The molecular formula is C12H18N2O3. The summed E-state index contributed by atoms with van der Waals surface area (Å²) in [5.41, 5.74) is 7.37. The van der Waals surface area contributed by atoms with Gasteiger partial charge in [0.05, 0.1) is 17.9 Å². The Balaban J connectivity index is 2.87. The van der Waals surface area contributed by atoms with E-state index in [0.717, 1.165) is 5.69 Å². The van der Waals surface area contributed by atoms with Crippen molar-refractivity contribution in [1.29, 1.82) is 0 Å². The summed E-state index contributed by atoms with van der Waals surface area (Å²) in [6.45, 7) is 0.210. The zero-order chi connectivity index (χ0) is 12.8. The number of anilines is 2. The van der Waals surface area contributed by atoms with Crippen molar-refractivity contribution in [3.05, 3.63) is 23.8 Å². The van der Waals surface area contributed by atoms with Crippen molar-refractivity contribution in [3.8, 4) is 0 Å². The lowest BCUT2D eigenvalue weighted by Crippen LogP contribution is -2.16. The molecule has 0 radical (unpaired) electrons. The van der Waals surface area contributed by atoms with Gasteiger partial charge in [-0.3, -0.25) is 0 Å². The summed E-state index contributed by atoms with van der Waals surface area (Å²) < 4.78 is 5.03. The number of nitrogens with zero attached hydrogens (tertiary/aromatic N) is 1. The molecule has 5 nitrogen and oxygen atoms in total. The summed E-state index contributed by atoms with van der Waals surface area (Å²) in [6.07, 6.45) is 0.436. The number of esters is 1. The van der Waals surface area contributed by atoms with Gasteiger partial charge in [-0.1, -0.05) is 0 Å². The fourth-order valence-corrected chi connectivity index (χ4v) is 1.41. The van der Waals surface area contributed by atoms with Gasteiger partial charge in [0, 0.05) is 32.8 Å². The number of rotatable bonds is 5. The first-order valence-corrected chi connectivity index (χ1v) is 5.41. The molecule has 1 aromatic rings. The molecule has 1 rings (SSSR count). The van der Waals surface area contributed by atoms with E-state index in [4.69, 9.17) is 15.6 Å². The lowest BCUT2D eigenvalue weighted by molar-refractivity contribution is 0.0483. The van der Waals surface area contributed by atoms with Crippen LogP contribution in [0.1, 0.15) is 16.8 Å². The third kappa shape index (κ3) is 3.64. The molecule has 1 aromatic carbocycles. The number of aliphatic hydroxyl groups is 1. The second-order valence-electron chi connectivity index (χ2n) is 3.88. The summed E-state index contributed by atoms with van der Waals surface area (Å²) in [5.74, 6) is -0.422.